The minimum atomic E-state index is -0.654. The standard InChI is InChI=1S/C20H21NO7/c1-24-14-7-13(8-15(9-14)25-2)20(23)27-12-19(22)21-10-16-11-26-17-5-3-4-6-18(17)28-16/h3-9,16H,10-12H2,1-2H3,(H,21,22)/t16-/m1/s1. The van der Waals surface area contributed by atoms with Crippen LogP contribution in [0.3, 0.4) is 0 Å². The highest BCUT2D eigenvalue weighted by Crippen LogP contribution is 2.30. The molecule has 2 aromatic rings. The summed E-state index contributed by atoms with van der Waals surface area (Å²) in [7, 11) is 2.96. The molecule has 0 fully saturated rings. The molecule has 1 aliphatic heterocycles. The first-order valence-corrected chi connectivity index (χ1v) is 8.64. The van der Waals surface area contributed by atoms with E-state index in [0.29, 0.717) is 29.6 Å². The number of benzene rings is 2. The molecule has 148 valence electrons. The van der Waals surface area contributed by atoms with Gasteiger partial charge >= 0.3 is 5.97 Å². The van der Waals surface area contributed by atoms with Crippen molar-refractivity contribution < 1.29 is 33.3 Å². The summed E-state index contributed by atoms with van der Waals surface area (Å²) in [4.78, 5) is 24.1. The van der Waals surface area contributed by atoms with Crippen LogP contribution >= 0.6 is 0 Å². The molecule has 1 N–H and O–H groups in total. The number of para-hydroxylation sites is 2. The van der Waals surface area contributed by atoms with E-state index < -0.39 is 18.5 Å². The molecule has 0 aliphatic carbocycles. The zero-order valence-corrected chi connectivity index (χ0v) is 15.6. The van der Waals surface area contributed by atoms with Gasteiger partial charge in [0.15, 0.2) is 18.1 Å². The number of hydrogen-bond donors (Lipinski definition) is 1. The van der Waals surface area contributed by atoms with Crippen LogP contribution in [0.5, 0.6) is 23.0 Å². The van der Waals surface area contributed by atoms with Gasteiger partial charge in [-0.05, 0) is 24.3 Å². The van der Waals surface area contributed by atoms with E-state index >= 15 is 0 Å². The molecule has 0 saturated carbocycles. The first-order chi connectivity index (χ1) is 13.6. The van der Waals surface area contributed by atoms with E-state index in [4.69, 9.17) is 23.7 Å². The van der Waals surface area contributed by atoms with Crippen molar-refractivity contribution in [1.29, 1.82) is 0 Å². The molecular formula is C20H21NO7. The molecule has 0 bridgehead atoms. The van der Waals surface area contributed by atoms with Gasteiger partial charge < -0.3 is 29.0 Å². The third-order valence-electron chi connectivity index (χ3n) is 4.02. The van der Waals surface area contributed by atoms with E-state index in [9.17, 15) is 9.59 Å². The van der Waals surface area contributed by atoms with Crippen LogP contribution in [0.4, 0.5) is 0 Å². The number of ether oxygens (including phenoxy) is 5. The van der Waals surface area contributed by atoms with Gasteiger partial charge in [0.1, 0.15) is 24.2 Å². The van der Waals surface area contributed by atoms with Crippen molar-refractivity contribution in [2.24, 2.45) is 0 Å². The monoisotopic (exact) mass is 387 g/mol. The van der Waals surface area contributed by atoms with Gasteiger partial charge in [0.25, 0.3) is 5.91 Å². The van der Waals surface area contributed by atoms with E-state index in [1.165, 1.54) is 26.4 Å². The molecule has 0 spiro atoms. The summed E-state index contributed by atoms with van der Waals surface area (Å²) in [6.45, 7) is 0.140. The summed E-state index contributed by atoms with van der Waals surface area (Å²) in [6.07, 6.45) is -0.322. The maximum absolute atomic E-state index is 12.2. The van der Waals surface area contributed by atoms with Crippen LogP contribution in [0.1, 0.15) is 10.4 Å². The Labute approximate surface area is 162 Å². The summed E-state index contributed by atoms with van der Waals surface area (Å²) >= 11 is 0. The topological polar surface area (TPSA) is 92.3 Å². The second-order valence-electron chi connectivity index (χ2n) is 5.98. The second kappa shape index (κ2) is 8.98. The fourth-order valence-corrected chi connectivity index (χ4v) is 2.58. The molecule has 1 amide bonds. The van der Waals surface area contributed by atoms with E-state index in [0.717, 1.165) is 0 Å². The van der Waals surface area contributed by atoms with Crippen molar-refractivity contribution in [2.45, 2.75) is 6.10 Å². The van der Waals surface area contributed by atoms with Gasteiger partial charge in [-0.15, -0.1) is 0 Å². The first-order valence-electron chi connectivity index (χ1n) is 8.64. The van der Waals surface area contributed by atoms with Crippen molar-refractivity contribution in [1.82, 2.24) is 5.32 Å². The van der Waals surface area contributed by atoms with Crippen molar-refractivity contribution in [3.63, 3.8) is 0 Å². The van der Waals surface area contributed by atoms with E-state index in [1.54, 1.807) is 12.1 Å². The van der Waals surface area contributed by atoms with Crippen LogP contribution < -0.4 is 24.3 Å². The molecule has 0 saturated heterocycles. The zero-order chi connectivity index (χ0) is 19.9. The molecule has 3 rings (SSSR count). The van der Waals surface area contributed by atoms with Crippen molar-refractivity contribution in [3.8, 4) is 23.0 Å². The summed E-state index contributed by atoms with van der Waals surface area (Å²) < 4.78 is 26.6. The smallest absolute Gasteiger partial charge is 0.338 e. The molecular weight excluding hydrogens is 366 g/mol. The Kier molecular flexibility index (Phi) is 6.21. The summed E-state index contributed by atoms with van der Waals surface area (Å²) in [6, 6.07) is 12.0. The van der Waals surface area contributed by atoms with Gasteiger partial charge in [0, 0.05) is 6.07 Å². The van der Waals surface area contributed by atoms with Crippen LogP contribution in [0.25, 0.3) is 0 Å². The lowest BCUT2D eigenvalue weighted by Crippen LogP contribution is -2.42. The summed E-state index contributed by atoms with van der Waals surface area (Å²) in [5, 5.41) is 2.66. The third-order valence-corrected chi connectivity index (χ3v) is 4.02. The molecule has 28 heavy (non-hydrogen) atoms. The zero-order valence-electron chi connectivity index (χ0n) is 15.6. The minimum absolute atomic E-state index is 0.227. The molecule has 8 nitrogen and oxygen atoms in total. The molecule has 8 heteroatoms. The lowest BCUT2D eigenvalue weighted by Gasteiger charge is -2.26. The Morgan fingerprint density at radius 1 is 1.07 bits per heavy atom. The van der Waals surface area contributed by atoms with Gasteiger partial charge in [-0.2, -0.15) is 0 Å². The lowest BCUT2D eigenvalue weighted by atomic mass is 10.2. The Morgan fingerprint density at radius 2 is 1.75 bits per heavy atom. The molecule has 1 heterocycles. The number of nitrogens with one attached hydrogen (secondary N) is 1. The number of fused-ring (bicyclic) bond motifs is 1. The van der Waals surface area contributed by atoms with Crippen LogP contribution in [0.2, 0.25) is 0 Å². The quantitative estimate of drug-likeness (QED) is 0.725. The van der Waals surface area contributed by atoms with Crippen molar-refractivity contribution >= 4 is 11.9 Å². The molecule has 1 aliphatic rings. The number of esters is 1. The maximum Gasteiger partial charge on any atom is 0.338 e. The number of rotatable bonds is 7. The van der Waals surface area contributed by atoms with Gasteiger partial charge in [0.2, 0.25) is 0 Å². The van der Waals surface area contributed by atoms with Gasteiger partial charge in [-0.3, -0.25) is 4.79 Å². The molecule has 0 aromatic heterocycles. The highest BCUT2D eigenvalue weighted by atomic mass is 16.6. The molecule has 0 radical (unpaired) electrons. The third kappa shape index (κ3) is 4.85. The minimum Gasteiger partial charge on any atom is -0.497 e. The van der Waals surface area contributed by atoms with Crippen molar-refractivity contribution in [3.05, 3.63) is 48.0 Å². The number of carbonyl (C=O) groups excluding carboxylic acids is 2. The van der Waals surface area contributed by atoms with E-state index in [-0.39, 0.29) is 18.2 Å². The Hall–Kier alpha value is -3.42. The fourth-order valence-electron chi connectivity index (χ4n) is 2.58. The predicted molar refractivity (Wildman–Crippen MR) is 99.2 cm³/mol. The van der Waals surface area contributed by atoms with Gasteiger partial charge in [-0.1, -0.05) is 12.1 Å². The second-order valence-corrected chi connectivity index (χ2v) is 5.98. The molecule has 2 aromatic carbocycles. The van der Waals surface area contributed by atoms with Gasteiger partial charge in [-0.25, -0.2) is 4.79 Å². The Balaban J connectivity index is 1.46. The first kappa shape index (κ1) is 19.3. The highest BCUT2D eigenvalue weighted by Gasteiger charge is 2.21. The summed E-state index contributed by atoms with van der Waals surface area (Å²) in [5.41, 5.74) is 0.227. The Morgan fingerprint density at radius 3 is 2.43 bits per heavy atom. The molecule has 0 unspecified atom stereocenters. The van der Waals surface area contributed by atoms with Crippen molar-refractivity contribution in [2.75, 3.05) is 34.0 Å². The number of hydrogen-bond acceptors (Lipinski definition) is 7. The number of amides is 1. The number of methoxy groups -OCH3 is 2. The van der Waals surface area contributed by atoms with Crippen LogP contribution in [0.15, 0.2) is 42.5 Å². The number of carbonyl (C=O) groups is 2. The largest absolute Gasteiger partial charge is 0.497 e. The lowest BCUT2D eigenvalue weighted by molar-refractivity contribution is -0.124. The summed E-state index contributed by atoms with van der Waals surface area (Å²) in [5.74, 6) is 1.11. The fraction of sp³-hybridized carbons (Fsp3) is 0.300. The highest BCUT2D eigenvalue weighted by molar-refractivity contribution is 5.92. The normalized spacial score (nSPS) is 14.7. The average Bonchev–Trinajstić information content (AvgIpc) is 2.75. The van der Waals surface area contributed by atoms with Gasteiger partial charge in [0.05, 0.1) is 26.3 Å². The molecule has 1 atom stereocenters. The SMILES string of the molecule is COc1cc(OC)cc(C(=O)OCC(=O)NC[C@@H]2COc3ccccc3O2)c1. The van der Waals surface area contributed by atoms with Crippen LogP contribution in [0, 0.1) is 0 Å². The Bertz CT molecular complexity index is 830. The predicted octanol–water partition coefficient (Wildman–Crippen LogP) is 1.82. The maximum atomic E-state index is 12.2. The van der Waals surface area contributed by atoms with Crippen LogP contribution in [-0.4, -0.2) is 52.0 Å². The van der Waals surface area contributed by atoms with E-state index in [1.807, 2.05) is 18.2 Å². The average molecular weight is 387 g/mol. The van der Waals surface area contributed by atoms with Crippen LogP contribution in [-0.2, 0) is 9.53 Å². The van der Waals surface area contributed by atoms with E-state index in [2.05, 4.69) is 5.32 Å².